The van der Waals surface area contributed by atoms with Gasteiger partial charge in [0, 0.05) is 5.56 Å². The Labute approximate surface area is 245 Å². The molecule has 0 radical (unpaired) electrons. The van der Waals surface area contributed by atoms with Crippen molar-refractivity contribution < 1.29 is 19.0 Å². The van der Waals surface area contributed by atoms with Gasteiger partial charge in [-0.15, -0.1) is 0 Å². The van der Waals surface area contributed by atoms with Crippen LogP contribution in [0.15, 0.2) is 101 Å². The number of hydrogen-bond acceptors (Lipinski definition) is 7. The second kappa shape index (κ2) is 12.4. The molecule has 0 unspecified atom stereocenters. The zero-order valence-electron chi connectivity index (χ0n) is 22.5. The third kappa shape index (κ3) is 5.62. The van der Waals surface area contributed by atoms with E-state index in [1.54, 1.807) is 35.8 Å². The average molecular weight is 587 g/mol. The number of benzene rings is 3. The summed E-state index contributed by atoms with van der Waals surface area (Å²) in [5.41, 5.74) is 2.64. The lowest BCUT2D eigenvalue weighted by atomic mass is 9.93. The van der Waals surface area contributed by atoms with Crippen LogP contribution in [-0.4, -0.2) is 30.9 Å². The standard InChI is InChI=1S/C32H27ClN2O5S/c1-4-16-40-29-23(33)17-20(18-24(29)38-3)19-25-30(36)35-28(22-14-10-7-11-15-22)26(31(37)39-5-2)27(34-32(35)41-25)21-12-8-6-9-13-21/h4,6-15,17-19,28H,1,5,16H2,2-3H3/b25-19-/t28-/m0/s1. The summed E-state index contributed by atoms with van der Waals surface area (Å²) < 4.78 is 18.6. The molecule has 41 heavy (non-hydrogen) atoms. The molecule has 0 aliphatic carbocycles. The fourth-order valence-electron chi connectivity index (χ4n) is 4.65. The summed E-state index contributed by atoms with van der Waals surface area (Å²) in [5, 5.41) is 0.336. The topological polar surface area (TPSA) is 79.1 Å². The molecule has 0 amide bonds. The zero-order chi connectivity index (χ0) is 28.9. The maximum atomic E-state index is 14.0. The van der Waals surface area contributed by atoms with Crippen molar-refractivity contribution in [2.45, 2.75) is 13.0 Å². The summed E-state index contributed by atoms with van der Waals surface area (Å²) in [6.07, 6.45) is 3.34. The Morgan fingerprint density at radius 2 is 1.83 bits per heavy atom. The first kappa shape index (κ1) is 28.1. The number of rotatable bonds is 9. The van der Waals surface area contributed by atoms with Crippen LogP contribution in [0.3, 0.4) is 0 Å². The van der Waals surface area contributed by atoms with E-state index in [0.717, 1.165) is 11.1 Å². The van der Waals surface area contributed by atoms with Crippen LogP contribution < -0.4 is 24.4 Å². The van der Waals surface area contributed by atoms with Crippen LogP contribution in [0.2, 0.25) is 5.02 Å². The SMILES string of the molecule is C=CCOc1c(Cl)cc(/C=c2\sc3n(c2=O)[C@@H](c2ccccc2)C(C(=O)OCC)=C(c2ccccc2)N=3)cc1OC. The molecule has 9 heteroatoms. The predicted octanol–water partition coefficient (Wildman–Crippen LogP) is 5.16. The van der Waals surface area contributed by atoms with Gasteiger partial charge < -0.3 is 14.2 Å². The van der Waals surface area contributed by atoms with Gasteiger partial charge in [-0.2, -0.15) is 0 Å². The molecule has 1 aromatic heterocycles. The van der Waals surface area contributed by atoms with Crippen molar-refractivity contribution in [3.05, 3.63) is 132 Å². The van der Waals surface area contributed by atoms with Crippen LogP contribution in [0.5, 0.6) is 11.5 Å². The number of ether oxygens (including phenoxy) is 3. The lowest BCUT2D eigenvalue weighted by Gasteiger charge is -2.25. The molecule has 7 nitrogen and oxygen atoms in total. The molecule has 2 heterocycles. The van der Waals surface area contributed by atoms with E-state index in [1.165, 1.54) is 18.4 Å². The number of methoxy groups -OCH3 is 1. The highest BCUT2D eigenvalue weighted by Crippen LogP contribution is 2.37. The Kier molecular flexibility index (Phi) is 8.52. The van der Waals surface area contributed by atoms with E-state index in [0.29, 0.717) is 42.7 Å². The summed E-state index contributed by atoms with van der Waals surface area (Å²) in [7, 11) is 1.52. The second-order valence-electron chi connectivity index (χ2n) is 8.98. The van der Waals surface area contributed by atoms with Gasteiger partial charge in [-0.3, -0.25) is 9.36 Å². The molecule has 0 saturated carbocycles. The van der Waals surface area contributed by atoms with Crippen molar-refractivity contribution in [2.75, 3.05) is 20.3 Å². The highest BCUT2D eigenvalue weighted by Gasteiger charge is 2.35. The summed E-state index contributed by atoms with van der Waals surface area (Å²) in [6.45, 7) is 5.86. The molecular weight excluding hydrogens is 560 g/mol. The average Bonchev–Trinajstić information content (AvgIpc) is 3.30. The fraction of sp³-hybridized carbons (Fsp3) is 0.156. The molecule has 1 aliphatic rings. The first-order valence-corrected chi connectivity index (χ1v) is 14.1. The van der Waals surface area contributed by atoms with E-state index < -0.39 is 12.0 Å². The van der Waals surface area contributed by atoms with Crippen LogP contribution in [-0.2, 0) is 9.53 Å². The van der Waals surface area contributed by atoms with Gasteiger partial charge in [0.15, 0.2) is 16.3 Å². The maximum Gasteiger partial charge on any atom is 0.338 e. The summed E-state index contributed by atoms with van der Waals surface area (Å²) in [5.74, 6) is 0.296. The van der Waals surface area contributed by atoms with E-state index in [1.807, 2.05) is 60.7 Å². The van der Waals surface area contributed by atoms with Crippen LogP contribution in [0.25, 0.3) is 11.8 Å². The molecular formula is C32H27ClN2O5S. The maximum absolute atomic E-state index is 14.0. The number of nitrogens with zero attached hydrogens (tertiary/aromatic N) is 2. The van der Waals surface area contributed by atoms with E-state index in [-0.39, 0.29) is 18.8 Å². The third-order valence-electron chi connectivity index (χ3n) is 6.38. The van der Waals surface area contributed by atoms with Gasteiger partial charge in [-0.25, -0.2) is 9.79 Å². The molecule has 5 rings (SSSR count). The number of carbonyl (C=O) groups excluding carboxylic acids is 1. The summed E-state index contributed by atoms with van der Waals surface area (Å²) >= 11 is 7.75. The molecule has 0 bridgehead atoms. The monoisotopic (exact) mass is 586 g/mol. The number of hydrogen-bond donors (Lipinski definition) is 0. The summed E-state index contributed by atoms with van der Waals surface area (Å²) in [6, 6.07) is 21.6. The van der Waals surface area contributed by atoms with Crippen LogP contribution in [0.4, 0.5) is 0 Å². The van der Waals surface area contributed by atoms with Crippen molar-refractivity contribution in [1.82, 2.24) is 4.57 Å². The number of thiazole rings is 1. The second-order valence-corrected chi connectivity index (χ2v) is 10.4. The molecule has 0 spiro atoms. The van der Waals surface area contributed by atoms with Gasteiger partial charge in [0.25, 0.3) is 5.56 Å². The highest BCUT2D eigenvalue weighted by molar-refractivity contribution is 7.07. The van der Waals surface area contributed by atoms with Crippen LogP contribution in [0, 0.1) is 0 Å². The number of esters is 1. The predicted molar refractivity (Wildman–Crippen MR) is 161 cm³/mol. The van der Waals surface area contributed by atoms with Crippen molar-refractivity contribution >= 4 is 40.7 Å². The number of halogens is 1. The Bertz CT molecular complexity index is 1810. The van der Waals surface area contributed by atoms with Crippen molar-refractivity contribution in [1.29, 1.82) is 0 Å². The molecule has 1 aliphatic heterocycles. The van der Waals surface area contributed by atoms with Crippen molar-refractivity contribution in [3.63, 3.8) is 0 Å². The van der Waals surface area contributed by atoms with Gasteiger partial charge in [0.05, 0.1) is 40.6 Å². The van der Waals surface area contributed by atoms with Crippen LogP contribution in [0.1, 0.15) is 29.7 Å². The Balaban J connectivity index is 1.76. The minimum atomic E-state index is -0.739. The molecule has 0 fully saturated rings. The van der Waals surface area contributed by atoms with E-state index in [2.05, 4.69) is 6.58 Å². The smallest absolute Gasteiger partial charge is 0.338 e. The van der Waals surface area contributed by atoms with Gasteiger partial charge in [0.1, 0.15) is 6.61 Å². The van der Waals surface area contributed by atoms with Crippen molar-refractivity contribution in [3.8, 4) is 11.5 Å². The molecule has 1 atom stereocenters. The minimum Gasteiger partial charge on any atom is -0.493 e. The summed E-state index contributed by atoms with van der Waals surface area (Å²) in [4.78, 5) is 32.8. The molecule has 4 aromatic rings. The number of carbonyl (C=O) groups is 1. The number of aromatic nitrogens is 1. The van der Waals surface area contributed by atoms with Gasteiger partial charge in [-0.05, 0) is 36.3 Å². The first-order valence-electron chi connectivity index (χ1n) is 12.9. The minimum absolute atomic E-state index is 0.186. The lowest BCUT2D eigenvalue weighted by Crippen LogP contribution is -2.39. The quantitative estimate of drug-likeness (QED) is 0.200. The lowest BCUT2D eigenvalue weighted by molar-refractivity contribution is -0.138. The van der Waals surface area contributed by atoms with E-state index >= 15 is 0 Å². The van der Waals surface area contributed by atoms with Gasteiger partial charge in [-0.1, -0.05) is 96.3 Å². The number of fused-ring (bicyclic) bond motifs is 1. The third-order valence-corrected chi connectivity index (χ3v) is 7.65. The fourth-order valence-corrected chi connectivity index (χ4v) is 5.92. The first-order chi connectivity index (χ1) is 20.0. The van der Waals surface area contributed by atoms with Crippen LogP contribution >= 0.6 is 22.9 Å². The van der Waals surface area contributed by atoms with E-state index in [4.69, 9.17) is 30.8 Å². The molecule has 208 valence electrons. The van der Waals surface area contributed by atoms with E-state index in [9.17, 15) is 9.59 Å². The van der Waals surface area contributed by atoms with Crippen molar-refractivity contribution in [2.24, 2.45) is 4.99 Å². The normalized spacial score (nSPS) is 14.7. The Morgan fingerprint density at radius 3 is 2.49 bits per heavy atom. The largest absolute Gasteiger partial charge is 0.493 e. The molecule has 0 saturated heterocycles. The Hall–Kier alpha value is -4.40. The highest BCUT2D eigenvalue weighted by atomic mass is 35.5. The molecule has 3 aromatic carbocycles. The Morgan fingerprint density at radius 1 is 1.12 bits per heavy atom. The van der Waals surface area contributed by atoms with Gasteiger partial charge in [0.2, 0.25) is 0 Å². The zero-order valence-corrected chi connectivity index (χ0v) is 24.1. The van der Waals surface area contributed by atoms with Gasteiger partial charge >= 0.3 is 5.97 Å². The molecule has 0 N–H and O–H groups in total.